The smallest absolute Gasteiger partial charge is 0.240 e. The molecule has 0 spiro atoms. The number of H-pyrrole nitrogens is 1. The number of hydrogen-bond acceptors (Lipinski definition) is 4. The van der Waals surface area contributed by atoms with Gasteiger partial charge in [-0.1, -0.05) is 30.3 Å². The van der Waals surface area contributed by atoms with Crippen LogP contribution in [-0.4, -0.2) is 30.3 Å². The number of aromatic amines is 1. The molecule has 3 N–H and O–H groups in total. The summed E-state index contributed by atoms with van der Waals surface area (Å²) in [5, 5.41) is 2.55. The van der Waals surface area contributed by atoms with Gasteiger partial charge in [0.05, 0.1) is 15.9 Å². The van der Waals surface area contributed by atoms with Crippen molar-refractivity contribution < 1.29 is 22.0 Å². The number of benzene rings is 3. The molecule has 1 heterocycles. The van der Waals surface area contributed by atoms with Gasteiger partial charge in [0.25, 0.3) is 0 Å². The third-order valence-electron chi connectivity index (χ3n) is 6.36. The van der Waals surface area contributed by atoms with E-state index in [1.807, 2.05) is 30.3 Å². The van der Waals surface area contributed by atoms with Crippen molar-refractivity contribution in [2.45, 2.75) is 36.6 Å². The Morgan fingerprint density at radius 2 is 1.61 bits per heavy atom. The SMILES string of the molecule is O=C(Nc1cc(F)cc(F)c1)C1CCC(NS(=O)(=O)c2ccc3[nH]c(-c4ccccc4)nc3c2)CC1. The van der Waals surface area contributed by atoms with Crippen LogP contribution in [0.25, 0.3) is 22.4 Å². The highest BCUT2D eigenvalue weighted by molar-refractivity contribution is 7.89. The second-order valence-corrected chi connectivity index (χ2v) is 10.7. The lowest BCUT2D eigenvalue weighted by atomic mass is 9.86. The fourth-order valence-corrected chi connectivity index (χ4v) is 5.84. The van der Waals surface area contributed by atoms with E-state index in [0.717, 1.165) is 29.3 Å². The molecule has 1 amide bonds. The van der Waals surface area contributed by atoms with E-state index in [-0.39, 0.29) is 28.4 Å². The van der Waals surface area contributed by atoms with Crippen LogP contribution in [0.2, 0.25) is 0 Å². The summed E-state index contributed by atoms with van der Waals surface area (Å²) < 4.78 is 55.6. The molecule has 0 bridgehead atoms. The van der Waals surface area contributed by atoms with Crippen molar-refractivity contribution >= 4 is 32.7 Å². The number of amides is 1. The maximum absolute atomic E-state index is 13.4. The summed E-state index contributed by atoms with van der Waals surface area (Å²) in [6.45, 7) is 0. The van der Waals surface area contributed by atoms with E-state index >= 15 is 0 Å². The zero-order valence-electron chi connectivity index (χ0n) is 19.2. The van der Waals surface area contributed by atoms with Crippen LogP contribution >= 0.6 is 0 Å². The first-order chi connectivity index (χ1) is 17.3. The zero-order chi connectivity index (χ0) is 25.3. The molecular formula is C26H24F2N4O3S. The van der Waals surface area contributed by atoms with Crippen LogP contribution in [0.1, 0.15) is 25.7 Å². The van der Waals surface area contributed by atoms with Crippen LogP contribution in [0.5, 0.6) is 0 Å². The van der Waals surface area contributed by atoms with E-state index < -0.39 is 21.7 Å². The molecule has 4 aromatic rings. The van der Waals surface area contributed by atoms with E-state index in [0.29, 0.717) is 37.0 Å². The van der Waals surface area contributed by atoms with Gasteiger partial charge in [-0.15, -0.1) is 0 Å². The van der Waals surface area contributed by atoms with Crippen molar-refractivity contribution in [3.63, 3.8) is 0 Å². The molecule has 0 saturated heterocycles. The van der Waals surface area contributed by atoms with E-state index in [2.05, 4.69) is 20.0 Å². The minimum absolute atomic E-state index is 0.0597. The molecule has 10 heteroatoms. The quantitative estimate of drug-likeness (QED) is 0.340. The summed E-state index contributed by atoms with van der Waals surface area (Å²) in [6, 6.07) is 16.9. The van der Waals surface area contributed by atoms with Crippen LogP contribution < -0.4 is 10.0 Å². The molecule has 1 fully saturated rings. The topological polar surface area (TPSA) is 104 Å². The molecule has 7 nitrogen and oxygen atoms in total. The van der Waals surface area contributed by atoms with E-state index in [4.69, 9.17) is 0 Å². The number of nitrogens with zero attached hydrogens (tertiary/aromatic N) is 1. The van der Waals surface area contributed by atoms with Gasteiger partial charge in [0, 0.05) is 29.3 Å². The number of imidazole rings is 1. The van der Waals surface area contributed by atoms with Crippen molar-refractivity contribution in [1.29, 1.82) is 0 Å². The first-order valence-electron chi connectivity index (χ1n) is 11.6. The highest BCUT2D eigenvalue weighted by Gasteiger charge is 2.29. The Balaban J connectivity index is 1.22. The lowest BCUT2D eigenvalue weighted by Gasteiger charge is -2.28. The molecule has 1 aliphatic rings. The van der Waals surface area contributed by atoms with Crippen LogP contribution in [0.15, 0.2) is 71.6 Å². The van der Waals surface area contributed by atoms with E-state index in [1.54, 1.807) is 6.07 Å². The number of carbonyl (C=O) groups is 1. The van der Waals surface area contributed by atoms with Crippen molar-refractivity contribution in [1.82, 2.24) is 14.7 Å². The van der Waals surface area contributed by atoms with Crippen LogP contribution in [0, 0.1) is 17.6 Å². The number of halogens is 2. The molecule has 1 saturated carbocycles. The molecule has 186 valence electrons. The molecule has 1 aromatic heterocycles. The number of hydrogen-bond donors (Lipinski definition) is 3. The number of nitrogens with one attached hydrogen (secondary N) is 3. The molecule has 3 aromatic carbocycles. The summed E-state index contributed by atoms with van der Waals surface area (Å²) in [5.74, 6) is -1.58. The van der Waals surface area contributed by atoms with Gasteiger partial charge in [0.15, 0.2) is 0 Å². The van der Waals surface area contributed by atoms with Gasteiger partial charge in [-0.05, 0) is 56.0 Å². The minimum atomic E-state index is -3.79. The maximum atomic E-state index is 13.4. The number of sulfonamides is 1. The Kier molecular flexibility index (Phi) is 6.55. The predicted octanol–water partition coefficient (Wildman–Crippen LogP) is 4.98. The lowest BCUT2D eigenvalue weighted by Crippen LogP contribution is -2.39. The van der Waals surface area contributed by atoms with Gasteiger partial charge in [0.2, 0.25) is 15.9 Å². The second kappa shape index (κ2) is 9.79. The van der Waals surface area contributed by atoms with Gasteiger partial charge >= 0.3 is 0 Å². The van der Waals surface area contributed by atoms with Crippen molar-refractivity contribution in [2.24, 2.45) is 5.92 Å². The third kappa shape index (κ3) is 5.29. The highest BCUT2D eigenvalue weighted by Crippen LogP contribution is 2.28. The van der Waals surface area contributed by atoms with Gasteiger partial charge in [-0.2, -0.15) is 0 Å². The van der Waals surface area contributed by atoms with Crippen LogP contribution in [0.4, 0.5) is 14.5 Å². The largest absolute Gasteiger partial charge is 0.338 e. The number of carbonyl (C=O) groups excluding carboxylic acids is 1. The first kappa shape index (κ1) is 24.1. The van der Waals surface area contributed by atoms with E-state index in [1.165, 1.54) is 12.1 Å². The van der Waals surface area contributed by atoms with E-state index in [9.17, 15) is 22.0 Å². The maximum Gasteiger partial charge on any atom is 0.240 e. The predicted molar refractivity (Wildman–Crippen MR) is 133 cm³/mol. The molecule has 1 aliphatic carbocycles. The average molecular weight is 511 g/mol. The average Bonchev–Trinajstić information content (AvgIpc) is 3.28. The van der Waals surface area contributed by atoms with Crippen molar-refractivity contribution in [3.05, 3.63) is 78.4 Å². The van der Waals surface area contributed by atoms with Crippen molar-refractivity contribution in [2.75, 3.05) is 5.32 Å². The third-order valence-corrected chi connectivity index (χ3v) is 7.88. The Hall–Kier alpha value is -3.63. The summed E-state index contributed by atoms with van der Waals surface area (Å²) in [5.41, 5.74) is 2.24. The molecule has 0 unspecified atom stereocenters. The van der Waals surface area contributed by atoms with Crippen LogP contribution in [-0.2, 0) is 14.8 Å². The molecular weight excluding hydrogens is 486 g/mol. The Morgan fingerprint density at radius 1 is 0.917 bits per heavy atom. The Bertz CT molecular complexity index is 1490. The normalized spacial score (nSPS) is 18.3. The molecule has 36 heavy (non-hydrogen) atoms. The standard InChI is InChI=1S/C26H24F2N4O3S/c27-18-12-19(28)14-21(13-18)29-26(33)17-6-8-20(9-7-17)32-36(34,35)22-10-11-23-24(15-22)31-25(30-23)16-4-2-1-3-5-16/h1-5,10-15,17,20,32H,6-9H2,(H,29,33)(H,30,31). The van der Waals surface area contributed by atoms with Crippen LogP contribution in [0.3, 0.4) is 0 Å². The van der Waals surface area contributed by atoms with Gasteiger partial charge in [-0.25, -0.2) is 26.9 Å². The van der Waals surface area contributed by atoms with Crippen molar-refractivity contribution in [3.8, 4) is 11.4 Å². The number of aromatic nitrogens is 2. The highest BCUT2D eigenvalue weighted by atomic mass is 32.2. The molecule has 0 radical (unpaired) electrons. The summed E-state index contributed by atoms with van der Waals surface area (Å²) in [7, 11) is -3.79. The fourth-order valence-electron chi connectivity index (χ4n) is 4.52. The number of anilines is 1. The number of fused-ring (bicyclic) bond motifs is 1. The molecule has 5 rings (SSSR count). The fraction of sp³-hybridized carbons (Fsp3) is 0.231. The molecule has 0 atom stereocenters. The molecule has 0 aliphatic heterocycles. The zero-order valence-corrected chi connectivity index (χ0v) is 20.0. The minimum Gasteiger partial charge on any atom is -0.338 e. The lowest BCUT2D eigenvalue weighted by molar-refractivity contribution is -0.120. The monoisotopic (exact) mass is 510 g/mol. The second-order valence-electron chi connectivity index (χ2n) is 8.95. The van der Waals surface area contributed by atoms with Gasteiger partial charge < -0.3 is 10.3 Å². The summed E-state index contributed by atoms with van der Waals surface area (Å²) in [6.07, 6.45) is 1.85. The first-order valence-corrected chi connectivity index (χ1v) is 13.1. The number of rotatable bonds is 6. The van der Waals surface area contributed by atoms with Gasteiger partial charge in [-0.3, -0.25) is 4.79 Å². The summed E-state index contributed by atoms with van der Waals surface area (Å²) >= 11 is 0. The summed E-state index contributed by atoms with van der Waals surface area (Å²) in [4.78, 5) is 20.4. The van der Waals surface area contributed by atoms with Gasteiger partial charge in [0.1, 0.15) is 17.5 Å². The Labute approximate surface area is 207 Å². The Morgan fingerprint density at radius 3 is 2.31 bits per heavy atom.